The smallest absolute Gasteiger partial charge is 0.226 e. The molecule has 94 valence electrons. The Morgan fingerprint density at radius 1 is 1.29 bits per heavy atom. The number of rotatable bonds is 3. The summed E-state index contributed by atoms with van der Waals surface area (Å²) in [5.41, 5.74) is 2.43. The summed E-state index contributed by atoms with van der Waals surface area (Å²) in [5.74, 6) is 0.279. The standard InChI is InChI=1S/C13H17NO.C2H6/c1-2-3-8-13(15)14-10-9-11-6-4-5-7-12(11)14;1-2/h4-7H,2-3,8-10H2,1H3;1-2H3. The van der Waals surface area contributed by atoms with E-state index in [0.717, 1.165) is 31.5 Å². The highest BCUT2D eigenvalue weighted by Crippen LogP contribution is 2.28. The molecule has 1 aliphatic heterocycles. The third-order valence-electron chi connectivity index (χ3n) is 2.93. The normalized spacial score (nSPS) is 12.8. The maximum Gasteiger partial charge on any atom is 0.226 e. The van der Waals surface area contributed by atoms with E-state index in [2.05, 4.69) is 13.0 Å². The molecule has 0 radical (unpaired) electrons. The number of carbonyl (C=O) groups excluding carboxylic acids is 1. The number of hydrogen-bond donors (Lipinski definition) is 0. The summed E-state index contributed by atoms with van der Waals surface area (Å²) in [4.78, 5) is 13.8. The van der Waals surface area contributed by atoms with E-state index in [1.165, 1.54) is 5.56 Å². The molecule has 0 N–H and O–H groups in total. The van der Waals surface area contributed by atoms with E-state index in [4.69, 9.17) is 0 Å². The molecule has 0 spiro atoms. The van der Waals surface area contributed by atoms with Crippen molar-refractivity contribution in [1.29, 1.82) is 0 Å². The number of unbranched alkanes of at least 4 members (excludes halogenated alkanes) is 1. The van der Waals surface area contributed by atoms with Crippen LogP contribution >= 0.6 is 0 Å². The molecular formula is C15H23NO. The summed E-state index contributed by atoms with van der Waals surface area (Å²) in [6, 6.07) is 8.21. The van der Waals surface area contributed by atoms with Crippen molar-refractivity contribution < 1.29 is 4.79 Å². The van der Waals surface area contributed by atoms with Crippen molar-refractivity contribution in [3.63, 3.8) is 0 Å². The summed E-state index contributed by atoms with van der Waals surface area (Å²) in [6.07, 6.45) is 3.78. The lowest BCUT2D eigenvalue weighted by Gasteiger charge is -2.16. The lowest BCUT2D eigenvalue weighted by Crippen LogP contribution is -2.28. The number of nitrogens with zero attached hydrogens (tertiary/aromatic N) is 1. The van der Waals surface area contributed by atoms with Crippen molar-refractivity contribution >= 4 is 11.6 Å². The van der Waals surface area contributed by atoms with Gasteiger partial charge in [-0.2, -0.15) is 0 Å². The van der Waals surface area contributed by atoms with Crippen LogP contribution < -0.4 is 4.90 Å². The van der Waals surface area contributed by atoms with E-state index in [1.54, 1.807) is 0 Å². The summed E-state index contributed by atoms with van der Waals surface area (Å²) in [5, 5.41) is 0. The van der Waals surface area contributed by atoms with Crippen molar-refractivity contribution in [2.24, 2.45) is 0 Å². The Balaban J connectivity index is 0.000000686. The molecule has 0 aliphatic carbocycles. The maximum atomic E-state index is 11.9. The van der Waals surface area contributed by atoms with Gasteiger partial charge in [0.1, 0.15) is 0 Å². The highest BCUT2D eigenvalue weighted by atomic mass is 16.2. The predicted molar refractivity (Wildman–Crippen MR) is 73.4 cm³/mol. The molecule has 1 amide bonds. The average molecular weight is 233 g/mol. The minimum atomic E-state index is 0.279. The van der Waals surface area contributed by atoms with Gasteiger partial charge in [-0.15, -0.1) is 0 Å². The van der Waals surface area contributed by atoms with Crippen molar-refractivity contribution in [3.05, 3.63) is 29.8 Å². The Morgan fingerprint density at radius 2 is 2.00 bits per heavy atom. The molecule has 0 saturated heterocycles. The lowest BCUT2D eigenvalue weighted by atomic mass is 10.2. The fourth-order valence-electron chi connectivity index (χ4n) is 2.06. The Morgan fingerprint density at radius 3 is 2.71 bits per heavy atom. The topological polar surface area (TPSA) is 20.3 Å². The molecule has 1 aromatic rings. The van der Waals surface area contributed by atoms with Crippen molar-refractivity contribution in [3.8, 4) is 0 Å². The number of para-hydroxylation sites is 1. The fraction of sp³-hybridized carbons (Fsp3) is 0.533. The van der Waals surface area contributed by atoms with Crippen LogP contribution in [0.15, 0.2) is 24.3 Å². The monoisotopic (exact) mass is 233 g/mol. The highest BCUT2D eigenvalue weighted by molar-refractivity contribution is 5.95. The third kappa shape index (κ3) is 3.32. The van der Waals surface area contributed by atoms with Gasteiger partial charge in [0.25, 0.3) is 0 Å². The number of amides is 1. The first-order valence-corrected chi connectivity index (χ1v) is 6.71. The zero-order valence-electron chi connectivity index (χ0n) is 11.2. The van der Waals surface area contributed by atoms with Crippen molar-refractivity contribution in [2.75, 3.05) is 11.4 Å². The first kappa shape index (κ1) is 13.8. The van der Waals surface area contributed by atoms with Crippen molar-refractivity contribution in [1.82, 2.24) is 0 Å². The number of hydrogen-bond acceptors (Lipinski definition) is 1. The summed E-state index contributed by atoms with van der Waals surface area (Å²) in [6.45, 7) is 6.98. The molecular weight excluding hydrogens is 210 g/mol. The predicted octanol–water partition coefficient (Wildman–Crippen LogP) is 3.79. The largest absolute Gasteiger partial charge is 0.312 e. The molecule has 0 atom stereocenters. The molecule has 0 fully saturated rings. The van der Waals surface area contributed by atoms with Gasteiger partial charge in [0.2, 0.25) is 5.91 Å². The highest BCUT2D eigenvalue weighted by Gasteiger charge is 2.22. The molecule has 2 heteroatoms. The Bertz CT molecular complexity index is 360. The van der Waals surface area contributed by atoms with Gasteiger partial charge in [0, 0.05) is 18.7 Å². The van der Waals surface area contributed by atoms with E-state index in [1.807, 2.05) is 36.9 Å². The molecule has 0 aromatic heterocycles. The fourth-order valence-corrected chi connectivity index (χ4v) is 2.06. The van der Waals surface area contributed by atoms with Crippen LogP contribution in [0.25, 0.3) is 0 Å². The third-order valence-corrected chi connectivity index (χ3v) is 2.93. The van der Waals surface area contributed by atoms with E-state index in [9.17, 15) is 4.79 Å². The zero-order valence-corrected chi connectivity index (χ0v) is 11.2. The van der Waals surface area contributed by atoms with Gasteiger partial charge in [-0.25, -0.2) is 0 Å². The molecule has 0 saturated carbocycles. The molecule has 1 heterocycles. The number of carbonyl (C=O) groups is 1. The molecule has 2 nitrogen and oxygen atoms in total. The minimum Gasteiger partial charge on any atom is -0.312 e. The van der Waals surface area contributed by atoms with Gasteiger partial charge in [-0.3, -0.25) is 4.79 Å². The second kappa shape index (κ2) is 7.10. The van der Waals surface area contributed by atoms with E-state index >= 15 is 0 Å². The number of fused-ring (bicyclic) bond motifs is 1. The first-order valence-electron chi connectivity index (χ1n) is 6.71. The van der Waals surface area contributed by atoms with Crippen LogP contribution in [-0.4, -0.2) is 12.5 Å². The van der Waals surface area contributed by atoms with Crippen LogP contribution in [0.2, 0.25) is 0 Å². The molecule has 0 bridgehead atoms. The van der Waals surface area contributed by atoms with Gasteiger partial charge < -0.3 is 4.90 Å². The van der Waals surface area contributed by atoms with E-state index < -0.39 is 0 Å². The SMILES string of the molecule is CC.CCCCC(=O)N1CCc2ccccc21. The van der Waals surface area contributed by atoms with Crippen LogP contribution in [0.4, 0.5) is 5.69 Å². The molecule has 1 aromatic carbocycles. The van der Waals surface area contributed by atoms with Gasteiger partial charge in [0.05, 0.1) is 0 Å². The molecule has 1 aliphatic rings. The number of anilines is 1. The first-order chi connectivity index (χ1) is 8.33. The Kier molecular flexibility index (Phi) is 5.75. The van der Waals surface area contributed by atoms with Gasteiger partial charge in [-0.05, 0) is 24.5 Å². The lowest BCUT2D eigenvalue weighted by molar-refractivity contribution is -0.118. The number of benzene rings is 1. The zero-order chi connectivity index (χ0) is 12.7. The average Bonchev–Trinajstić information content (AvgIpc) is 2.82. The Hall–Kier alpha value is -1.31. The minimum absolute atomic E-state index is 0.279. The van der Waals surface area contributed by atoms with Crippen LogP contribution in [-0.2, 0) is 11.2 Å². The van der Waals surface area contributed by atoms with Crippen molar-refractivity contribution in [2.45, 2.75) is 46.5 Å². The van der Waals surface area contributed by atoms with Crippen LogP contribution in [0.5, 0.6) is 0 Å². The Labute approximate surface area is 105 Å². The molecule has 2 rings (SSSR count). The van der Waals surface area contributed by atoms with Gasteiger partial charge in [0.15, 0.2) is 0 Å². The summed E-state index contributed by atoms with van der Waals surface area (Å²) >= 11 is 0. The second-order valence-corrected chi connectivity index (χ2v) is 4.03. The van der Waals surface area contributed by atoms with Gasteiger partial charge >= 0.3 is 0 Å². The second-order valence-electron chi connectivity index (χ2n) is 4.03. The van der Waals surface area contributed by atoms with Crippen LogP contribution in [0.1, 0.15) is 45.6 Å². The van der Waals surface area contributed by atoms with Gasteiger partial charge in [-0.1, -0.05) is 45.4 Å². The van der Waals surface area contributed by atoms with E-state index in [0.29, 0.717) is 6.42 Å². The maximum absolute atomic E-state index is 11.9. The molecule has 0 unspecified atom stereocenters. The quantitative estimate of drug-likeness (QED) is 0.777. The van der Waals surface area contributed by atoms with Crippen LogP contribution in [0, 0.1) is 0 Å². The molecule has 17 heavy (non-hydrogen) atoms. The van der Waals surface area contributed by atoms with E-state index in [-0.39, 0.29) is 5.91 Å². The summed E-state index contributed by atoms with van der Waals surface area (Å²) in [7, 11) is 0. The van der Waals surface area contributed by atoms with Crippen LogP contribution in [0.3, 0.4) is 0 Å². The summed E-state index contributed by atoms with van der Waals surface area (Å²) < 4.78 is 0.